The van der Waals surface area contributed by atoms with Crippen LogP contribution in [0.4, 0.5) is 0 Å². The second-order valence-corrected chi connectivity index (χ2v) is 4.19. The normalized spacial score (nSPS) is 12.2. The highest BCUT2D eigenvalue weighted by atomic mass is 16.5. The van der Waals surface area contributed by atoms with Gasteiger partial charge in [-0.15, -0.1) is 0 Å². The largest absolute Gasteiger partial charge is 0.469 e. The van der Waals surface area contributed by atoms with Crippen molar-refractivity contribution >= 4 is 5.97 Å². The van der Waals surface area contributed by atoms with Crippen LogP contribution in [0.15, 0.2) is 24.3 Å². The van der Waals surface area contributed by atoms with Crippen molar-refractivity contribution < 1.29 is 14.6 Å². The molecule has 1 unspecified atom stereocenters. The van der Waals surface area contributed by atoms with E-state index in [4.69, 9.17) is 5.11 Å². The number of aliphatic hydroxyl groups excluding tert-OH is 1. The van der Waals surface area contributed by atoms with Crippen molar-refractivity contribution in [3.8, 4) is 0 Å². The molecule has 0 spiro atoms. The zero-order valence-electron chi connectivity index (χ0n) is 11.0. The van der Waals surface area contributed by atoms with Gasteiger partial charge >= 0.3 is 5.97 Å². The number of rotatable bonds is 7. The first-order valence-electron chi connectivity index (χ1n) is 6.19. The van der Waals surface area contributed by atoms with Crippen molar-refractivity contribution in [3.05, 3.63) is 35.4 Å². The number of benzene rings is 1. The summed E-state index contributed by atoms with van der Waals surface area (Å²) in [6, 6.07) is 7.85. The maximum absolute atomic E-state index is 11.3. The van der Waals surface area contributed by atoms with E-state index in [1.165, 1.54) is 7.11 Å². The summed E-state index contributed by atoms with van der Waals surface area (Å²) in [6.45, 7) is 2.79. The van der Waals surface area contributed by atoms with E-state index < -0.39 is 0 Å². The zero-order valence-corrected chi connectivity index (χ0v) is 11.0. The topological polar surface area (TPSA) is 58.6 Å². The predicted molar refractivity (Wildman–Crippen MR) is 70.2 cm³/mol. The molecule has 2 N–H and O–H groups in total. The van der Waals surface area contributed by atoms with Crippen LogP contribution >= 0.6 is 0 Å². The summed E-state index contributed by atoms with van der Waals surface area (Å²) in [5.74, 6) is -0.239. The van der Waals surface area contributed by atoms with Crippen LogP contribution in [-0.4, -0.2) is 30.8 Å². The monoisotopic (exact) mass is 251 g/mol. The Balaban J connectivity index is 2.67. The molecule has 0 fully saturated rings. The summed E-state index contributed by atoms with van der Waals surface area (Å²) >= 11 is 0. The molecule has 0 aliphatic carbocycles. The van der Waals surface area contributed by atoms with Crippen LogP contribution in [0.3, 0.4) is 0 Å². The van der Waals surface area contributed by atoms with Gasteiger partial charge in [-0.1, -0.05) is 31.2 Å². The van der Waals surface area contributed by atoms with Gasteiger partial charge in [-0.05, 0) is 17.5 Å². The van der Waals surface area contributed by atoms with E-state index in [0.717, 1.165) is 17.5 Å². The molecule has 0 aliphatic heterocycles. The molecule has 0 saturated heterocycles. The van der Waals surface area contributed by atoms with Crippen LogP contribution in [0, 0.1) is 0 Å². The van der Waals surface area contributed by atoms with Gasteiger partial charge in [0.2, 0.25) is 0 Å². The van der Waals surface area contributed by atoms with Gasteiger partial charge in [0.1, 0.15) is 0 Å². The Morgan fingerprint density at radius 2 is 2.06 bits per heavy atom. The summed E-state index contributed by atoms with van der Waals surface area (Å²) < 4.78 is 4.68. The van der Waals surface area contributed by atoms with Crippen LogP contribution in [0.25, 0.3) is 0 Å². The fourth-order valence-corrected chi connectivity index (χ4v) is 1.72. The summed E-state index contributed by atoms with van der Waals surface area (Å²) in [5.41, 5.74) is 2.03. The summed E-state index contributed by atoms with van der Waals surface area (Å²) in [4.78, 5) is 11.3. The van der Waals surface area contributed by atoms with Crippen molar-refractivity contribution in [1.82, 2.24) is 5.32 Å². The van der Waals surface area contributed by atoms with E-state index in [2.05, 4.69) is 10.1 Å². The molecule has 1 aromatic rings. The van der Waals surface area contributed by atoms with Gasteiger partial charge in [0.05, 0.1) is 20.1 Å². The number of carbonyl (C=O) groups excluding carboxylic acids is 1. The number of nitrogens with one attached hydrogen (secondary N) is 1. The maximum Gasteiger partial charge on any atom is 0.309 e. The fraction of sp³-hybridized carbons (Fsp3) is 0.500. The van der Waals surface area contributed by atoms with Crippen LogP contribution < -0.4 is 5.32 Å². The Kier molecular flexibility index (Phi) is 6.39. The summed E-state index contributed by atoms with van der Waals surface area (Å²) in [6.07, 6.45) is 1.15. The number of hydrogen-bond acceptors (Lipinski definition) is 4. The molecule has 18 heavy (non-hydrogen) atoms. The predicted octanol–water partition coefficient (Wildman–Crippen LogP) is 1.26. The van der Waals surface area contributed by atoms with Crippen LogP contribution in [0.2, 0.25) is 0 Å². The van der Waals surface area contributed by atoms with Crippen LogP contribution in [0.5, 0.6) is 0 Å². The van der Waals surface area contributed by atoms with Gasteiger partial charge in [0, 0.05) is 12.6 Å². The third kappa shape index (κ3) is 4.47. The average Bonchev–Trinajstić information content (AvgIpc) is 2.41. The quantitative estimate of drug-likeness (QED) is 0.716. The van der Waals surface area contributed by atoms with Gasteiger partial charge in [-0.2, -0.15) is 0 Å². The van der Waals surface area contributed by atoms with Crippen molar-refractivity contribution in [3.63, 3.8) is 0 Å². The van der Waals surface area contributed by atoms with E-state index in [9.17, 15) is 4.79 Å². The lowest BCUT2D eigenvalue weighted by Crippen LogP contribution is -2.31. The van der Waals surface area contributed by atoms with Crippen LogP contribution in [-0.2, 0) is 22.5 Å². The van der Waals surface area contributed by atoms with Gasteiger partial charge < -0.3 is 15.2 Å². The highest BCUT2D eigenvalue weighted by molar-refractivity contribution is 5.72. The fourth-order valence-electron chi connectivity index (χ4n) is 1.72. The number of ether oxygens (including phenoxy) is 1. The molecule has 100 valence electrons. The molecule has 4 nitrogen and oxygen atoms in total. The Morgan fingerprint density at radius 3 is 2.61 bits per heavy atom. The molecule has 0 aliphatic rings. The highest BCUT2D eigenvalue weighted by Crippen LogP contribution is 2.10. The highest BCUT2D eigenvalue weighted by Gasteiger charge is 2.09. The first kappa shape index (κ1) is 14.7. The Bertz CT molecular complexity index is 375. The number of methoxy groups -OCH3 is 1. The lowest BCUT2D eigenvalue weighted by molar-refractivity contribution is -0.139. The standard InChI is InChI=1S/C14H21NO3/c1-3-13(10-16)15-9-12-7-5-4-6-11(12)8-14(17)18-2/h4-7,13,15-16H,3,8-10H2,1-2H3. The van der Waals surface area contributed by atoms with Gasteiger partial charge in [-0.25, -0.2) is 0 Å². The van der Waals surface area contributed by atoms with E-state index >= 15 is 0 Å². The van der Waals surface area contributed by atoms with Crippen molar-refractivity contribution in [2.45, 2.75) is 32.4 Å². The maximum atomic E-state index is 11.3. The smallest absolute Gasteiger partial charge is 0.309 e. The Hall–Kier alpha value is -1.39. The second-order valence-electron chi connectivity index (χ2n) is 4.19. The third-order valence-electron chi connectivity index (χ3n) is 2.98. The molecular formula is C14H21NO3. The summed E-state index contributed by atoms with van der Waals surface area (Å²) in [5, 5.41) is 12.4. The second kappa shape index (κ2) is 7.84. The average molecular weight is 251 g/mol. The van der Waals surface area contributed by atoms with Gasteiger partial charge in [-0.3, -0.25) is 4.79 Å². The zero-order chi connectivity index (χ0) is 13.4. The Morgan fingerprint density at radius 1 is 1.39 bits per heavy atom. The number of carbonyl (C=O) groups is 1. The molecule has 0 radical (unpaired) electrons. The molecule has 1 rings (SSSR count). The lowest BCUT2D eigenvalue weighted by Gasteiger charge is -2.15. The van der Waals surface area contributed by atoms with E-state index in [-0.39, 0.29) is 25.0 Å². The van der Waals surface area contributed by atoms with Crippen molar-refractivity contribution in [2.75, 3.05) is 13.7 Å². The molecule has 0 heterocycles. The molecule has 0 aromatic heterocycles. The van der Waals surface area contributed by atoms with Gasteiger partial charge in [0.15, 0.2) is 0 Å². The SMILES string of the molecule is CCC(CO)NCc1ccccc1CC(=O)OC. The minimum absolute atomic E-state index is 0.0937. The first-order chi connectivity index (χ1) is 8.71. The first-order valence-corrected chi connectivity index (χ1v) is 6.19. The number of hydrogen-bond donors (Lipinski definition) is 2. The lowest BCUT2D eigenvalue weighted by atomic mass is 10.0. The molecule has 1 aromatic carbocycles. The van der Waals surface area contributed by atoms with Crippen molar-refractivity contribution in [1.29, 1.82) is 0 Å². The number of esters is 1. The minimum Gasteiger partial charge on any atom is -0.469 e. The minimum atomic E-state index is -0.239. The molecule has 0 saturated carbocycles. The van der Waals surface area contributed by atoms with Gasteiger partial charge in [0.25, 0.3) is 0 Å². The summed E-state index contributed by atoms with van der Waals surface area (Å²) in [7, 11) is 1.39. The molecule has 1 atom stereocenters. The Labute approximate surface area is 108 Å². The number of aliphatic hydroxyl groups is 1. The molecule has 4 heteroatoms. The van der Waals surface area contributed by atoms with E-state index in [0.29, 0.717) is 6.54 Å². The third-order valence-corrected chi connectivity index (χ3v) is 2.98. The van der Waals surface area contributed by atoms with E-state index in [1.807, 2.05) is 31.2 Å². The molecule has 0 amide bonds. The molecular weight excluding hydrogens is 230 g/mol. The van der Waals surface area contributed by atoms with Crippen LogP contribution in [0.1, 0.15) is 24.5 Å². The van der Waals surface area contributed by atoms with E-state index in [1.54, 1.807) is 0 Å². The molecule has 0 bridgehead atoms. The van der Waals surface area contributed by atoms with Crippen molar-refractivity contribution in [2.24, 2.45) is 0 Å².